The molecule has 4 heteroatoms. The SMILES string of the molecule is CC1CC(N)CN(C(C)c2ccc(F)cc2Br)C1. The predicted octanol–water partition coefficient (Wildman–Crippen LogP) is 3.32. The molecule has 0 bridgehead atoms. The van der Waals surface area contributed by atoms with Crippen molar-refractivity contribution in [2.75, 3.05) is 13.1 Å². The van der Waals surface area contributed by atoms with Crippen LogP contribution < -0.4 is 5.73 Å². The lowest BCUT2D eigenvalue weighted by Gasteiger charge is -2.39. The Morgan fingerprint density at radius 2 is 2.17 bits per heavy atom. The molecule has 2 N–H and O–H groups in total. The van der Waals surface area contributed by atoms with Crippen LogP contribution in [0.25, 0.3) is 0 Å². The Balaban J connectivity index is 2.17. The van der Waals surface area contributed by atoms with Gasteiger partial charge in [0.05, 0.1) is 0 Å². The Hall–Kier alpha value is -0.450. The molecule has 0 amide bonds. The fourth-order valence-corrected chi connectivity index (χ4v) is 3.48. The van der Waals surface area contributed by atoms with Gasteiger partial charge in [0.15, 0.2) is 0 Å². The van der Waals surface area contributed by atoms with Gasteiger partial charge < -0.3 is 5.73 Å². The van der Waals surface area contributed by atoms with E-state index < -0.39 is 0 Å². The van der Waals surface area contributed by atoms with Crippen LogP contribution in [0.5, 0.6) is 0 Å². The van der Waals surface area contributed by atoms with Crippen LogP contribution in [0.3, 0.4) is 0 Å². The zero-order valence-electron chi connectivity index (χ0n) is 10.9. The summed E-state index contributed by atoms with van der Waals surface area (Å²) in [5, 5.41) is 0. The van der Waals surface area contributed by atoms with Gasteiger partial charge >= 0.3 is 0 Å². The third kappa shape index (κ3) is 3.11. The maximum atomic E-state index is 13.1. The molecular formula is C14H20BrFN2. The van der Waals surface area contributed by atoms with Crippen molar-refractivity contribution in [3.8, 4) is 0 Å². The van der Waals surface area contributed by atoms with Crippen molar-refractivity contribution < 1.29 is 4.39 Å². The molecule has 1 aromatic rings. The first-order valence-corrected chi connectivity index (χ1v) is 7.21. The van der Waals surface area contributed by atoms with Gasteiger partial charge in [-0.1, -0.05) is 28.9 Å². The van der Waals surface area contributed by atoms with Crippen LogP contribution in [-0.2, 0) is 0 Å². The highest BCUT2D eigenvalue weighted by Gasteiger charge is 2.27. The van der Waals surface area contributed by atoms with Crippen LogP contribution in [0.15, 0.2) is 22.7 Å². The molecule has 2 rings (SSSR count). The number of hydrogen-bond acceptors (Lipinski definition) is 2. The Labute approximate surface area is 116 Å². The van der Waals surface area contributed by atoms with E-state index in [1.54, 1.807) is 0 Å². The lowest BCUT2D eigenvalue weighted by Crippen LogP contribution is -2.47. The van der Waals surface area contributed by atoms with Gasteiger partial charge in [0, 0.05) is 29.6 Å². The molecule has 2 nitrogen and oxygen atoms in total. The van der Waals surface area contributed by atoms with Gasteiger partial charge in [0.25, 0.3) is 0 Å². The van der Waals surface area contributed by atoms with Crippen molar-refractivity contribution in [3.05, 3.63) is 34.1 Å². The number of hydrogen-bond donors (Lipinski definition) is 1. The first-order valence-electron chi connectivity index (χ1n) is 6.42. The third-order valence-electron chi connectivity index (χ3n) is 3.68. The molecule has 0 saturated carbocycles. The van der Waals surface area contributed by atoms with Crippen molar-refractivity contribution in [1.82, 2.24) is 4.90 Å². The van der Waals surface area contributed by atoms with Gasteiger partial charge in [0.1, 0.15) is 5.82 Å². The number of rotatable bonds is 2. The monoisotopic (exact) mass is 314 g/mol. The maximum absolute atomic E-state index is 13.1. The molecule has 18 heavy (non-hydrogen) atoms. The number of nitrogens with two attached hydrogens (primary N) is 1. The summed E-state index contributed by atoms with van der Waals surface area (Å²) in [6.07, 6.45) is 1.09. The zero-order valence-corrected chi connectivity index (χ0v) is 12.5. The van der Waals surface area contributed by atoms with Crippen molar-refractivity contribution in [2.24, 2.45) is 11.7 Å². The third-order valence-corrected chi connectivity index (χ3v) is 4.37. The predicted molar refractivity (Wildman–Crippen MR) is 75.8 cm³/mol. The quantitative estimate of drug-likeness (QED) is 0.907. The topological polar surface area (TPSA) is 29.3 Å². The highest BCUT2D eigenvalue weighted by Crippen LogP contribution is 2.31. The van der Waals surface area contributed by atoms with Gasteiger partial charge in [-0.25, -0.2) is 4.39 Å². The first-order chi connectivity index (χ1) is 8.47. The highest BCUT2D eigenvalue weighted by molar-refractivity contribution is 9.10. The summed E-state index contributed by atoms with van der Waals surface area (Å²) in [4.78, 5) is 2.39. The molecule has 3 atom stereocenters. The number of likely N-dealkylation sites (tertiary alicyclic amines) is 1. The summed E-state index contributed by atoms with van der Waals surface area (Å²) >= 11 is 3.45. The Kier molecular flexibility index (Phi) is 4.41. The van der Waals surface area contributed by atoms with Crippen molar-refractivity contribution >= 4 is 15.9 Å². The van der Waals surface area contributed by atoms with E-state index in [-0.39, 0.29) is 17.9 Å². The highest BCUT2D eigenvalue weighted by atomic mass is 79.9. The van der Waals surface area contributed by atoms with Crippen LogP contribution in [0.1, 0.15) is 31.9 Å². The normalized spacial score (nSPS) is 27.2. The molecule has 1 saturated heterocycles. The van der Waals surface area contributed by atoms with Crippen LogP contribution in [0, 0.1) is 11.7 Å². The second-order valence-electron chi connectivity index (χ2n) is 5.40. The summed E-state index contributed by atoms with van der Waals surface area (Å²) in [6.45, 7) is 6.36. The van der Waals surface area contributed by atoms with E-state index in [0.717, 1.165) is 29.5 Å². The van der Waals surface area contributed by atoms with E-state index in [1.807, 2.05) is 6.07 Å². The van der Waals surface area contributed by atoms with Crippen molar-refractivity contribution in [1.29, 1.82) is 0 Å². The minimum Gasteiger partial charge on any atom is -0.327 e. The summed E-state index contributed by atoms with van der Waals surface area (Å²) in [5.41, 5.74) is 7.20. The average Bonchev–Trinajstić information content (AvgIpc) is 2.26. The van der Waals surface area contributed by atoms with E-state index in [9.17, 15) is 4.39 Å². The van der Waals surface area contributed by atoms with Gasteiger partial charge in [-0.05, 0) is 37.0 Å². The molecule has 0 spiro atoms. The molecule has 1 aliphatic rings. The van der Waals surface area contributed by atoms with E-state index in [0.29, 0.717) is 5.92 Å². The van der Waals surface area contributed by atoms with Crippen molar-refractivity contribution in [2.45, 2.75) is 32.4 Å². The first kappa shape index (κ1) is 14.0. The van der Waals surface area contributed by atoms with E-state index in [4.69, 9.17) is 5.73 Å². The molecule has 0 aromatic heterocycles. The maximum Gasteiger partial charge on any atom is 0.124 e. The van der Waals surface area contributed by atoms with Gasteiger partial charge in [-0.15, -0.1) is 0 Å². The number of piperidine rings is 1. The second-order valence-corrected chi connectivity index (χ2v) is 6.25. The molecule has 0 aliphatic carbocycles. The Morgan fingerprint density at radius 1 is 1.44 bits per heavy atom. The minimum absolute atomic E-state index is 0.207. The number of halogens is 2. The number of benzene rings is 1. The van der Waals surface area contributed by atoms with Gasteiger partial charge in [0.2, 0.25) is 0 Å². The van der Waals surface area contributed by atoms with Crippen LogP contribution in [0.4, 0.5) is 4.39 Å². The molecule has 3 unspecified atom stereocenters. The standard InChI is InChI=1S/C14H20BrFN2/c1-9-5-12(17)8-18(7-9)10(2)13-4-3-11(16)6-14(13)15/h3-4,6,9-10,12H,5,7-8,17H2,1-2H3. The lowest BCUT2D eigenvalue weighted by molar-refractivity contribution is 0.123. The molecule has 1 heterocycles. The average molecular weight is 315 g/mol. The summed E-state index contributed by atoms with van der Waals surface area (Å²) in [7, 11) is 0. The molecule has 1 aliphatic heterocycles. The van der Waals surface area contributed by atoms with Gasteiger partial charge in [-0.2, -0.15) is 0 Å². The zero-order chi connectivity index (χ0) is 13.3. The lowest BCUT2D eigenvalue weighted by atomic mass is 9.94. The van der Waals surface area contributed by atoms with Crippen LogP contribution in [0.2, 0.25) is 0 Å². The molecule has 0 radical (unpaired) electrons. The fourth-order valence-electron chi connectivity index (χ4n) is 2.80. The largest absolute Gasteiger partial charge is 0.327 e. The smallest absolute Gasteiger partial charge is 0.124 e. The van der Waals surface area contributed by atoms with E-state index >= 15 is 0 Å². The summed E-state index contributed by atoms with van der Waals surface area (Å²) in [6, 6.07) is 5.40. The second kappa shape index (κ2) is 5.68. The van der Waals surface area contributed by atoms with Crippen LogP contribution in [-0.4, -0.2) is 24.0 Å². The summed E-state index contributed by atoms with van der Waals surface area (Å²) < 4.78 is 13.9. The summed E-state index contributed by atoms with van der Waals surface area (Å²) in [5.74, 6) is 0.414. The van der Waals surface area contributed by atoms with E-state index in [2.05, 4.69) is 34.7 Å². The Morgan fingerprint density at radius 3 is 2.78 bits per heavy atom. The Bertz CT molecular complexity index is 414. The fraction of sp³-hybridized carbons (Fsp3) is 0.571. The van der Waals surface area contributed by atoms with Gasteiger partial charge in [-0.3, -0.25) is 4.90 Å². The number of nitrogens with zero attached hydrogens (tertiary/aromatic N) is 1. The molecule has 100 valence electrons. The molecule has 1 fully saturated rings. The van der Waals surface area contributed by atoms with E-state index in [1.165, 1.54) is 12.1 Å². The minimum atomic E-state index is -0.207. The molecular weight excluding hydrogens is 295 g/mol. The molecule has 1 aromatic carbocycles. The van der Waals surface area contributed by atoms with Crippen LogP contribution >= 0.6 is 15.9 Å². The van der Waals surface area contributed by atoms with Crippen molar-refractivity contribution in [3.63, 3.8) is 0 Å².